The van der Waals surface area contributed by atoms with Crippen molar-refractivity contribution in [1.29, 1.82) is 0 Å². The van der Waals surface area contributed by atoms with E-state index in [1.807, 2.05) is 6.92 Å². The van der Waals surface area contributed by atoms with E-state index < -0.39 is 0 Å². The first-order valence-electron chi connectivity index (χ1n) is 6.64. The molecule has 2 heterocycles. The number of fused-ring (bicyclic) bond motifs is 1. The number of nitrogens with zero attached hydrogens (tertiary/aromatic N) is 2. The summed E-state index contributed by atoms with van der Waals surface area (Å²) in [5, 5.41) is 12.6. The maximum Gasteiger partial charge on any atom is 0.0897 e. The molecule has 5 heteroatoms. The molecule has 0 amide bonds. The normalized spacial score (nSPS) is 32.7. The van der Waals surface area contributed by atoms with Gasteiger partial charge in [0.1, 0.15) is 0 Å². The fraction of sp³-hybridized carbons (Fsp3) is 0.769. The number of aromatic nitrogens is 1. The summed E-state index contributed by atoms with van der Waals surface area (Å²) in [6.45, 7) is 5.05. The van der Waals surface area contributed by atoms with Crippen molar-refractivity contribution in [3.63, 3.8) is 0 Å². The molecular weight excluding hydrogens is 248 g/mol. The number of ether oxygens (including phenoxy) is 1. The number of rotatable bonds is 3. The number of hydrogen-bond acceptors (Lipinski definition) is 5. The maximum atomic E-state index is 9.31. The van der Waals surface area contributed by atoms with E-state index in [2.05, 4.69) is 15.3 Å². The minimum absolute atomic E-state index is 0.292. The SMILES string of the molecule is Cc1nc(CN2CCO[C@H]3C[C@H](CO)C[C@@H]32)cs1. The summed E-state index contributed by atoms with van der Waals surface area (Å²) in [4.78, 5) is 7.03. The number of thiazole rings is 1. The van der Waals surface area contributed by atoms with Gasteiger partial charge in [-0.2, -0.15) is 0 Å². The van der Waals surface area contributed by atoms with Gasteiger partial charge in [-0.05, 0) is 25.7 Å². The summed E-state index contributed by atoms with van der Waals surface area (Å²) in [5.74, 6) is 0.415. The summed E-state index contributed by atoms with van der Waals surface area (Å²) in [7, 11) is 0. The summed E-state index contributed by atoms with van der Waals surface area (Å²) in [5.41, 5.74) is 1.17. The van der Waals surface area contributed by atoms with Crippen LogP contribution in [-0.4, -0.2) is 46.9 Å². The first-order valence-corrected chi connectivity index (χ1v) is 7.51. The van der Waals surface area contributed by atoms with E-state index in [-0.39, 0.29) is 0 Å². The molecule has 2 fully saturated rings. The van der Waals surface area contributed by atoms with Gasteiger partial charge >= 0.3 is 0 Å². The van der Waals surface area contributed by atoms with Gasteiger partial charge in [-0.25, -0.2) is 4.98 Å². The lowest BCUT2D eigenvalue weighted by molar-refractivity contribution is -0.0593. The number of aryl methyl sites for hydroxylation is 1. The number of hydrogen-bond donors (Lipinski definition) is 1. The largest absolute Gasteiger partial charge is 0.396 e. The van der Waals surface area contributed by atoms with Crippen LogP contribution in [0.5, 0.6) is 0 Å². The molecule has 0 unspecified atom stereocenters. The Balaban J connectivity index is 1.68. The molecule has 2 aliphatic rings. The lowest BCUT2D eigenvalue weighted by Crippen LogP contribution is -2.47. The third-order valence-electron chi connectivity index (χ3n) is 4.04. The van der Waals surface area contributed by atoms with Crippen molar-refractivity contribution in [2.24, 2.45) is 5.92 Å². The lowest BCUT2D eigenvalue weighted by atomic mass is 10.1. The van der Waals surface area contributed by atoms with Crippen molar-refractivity contribution in [2.45, 2.75) is 38.5 Å². The van der Waals surface area contributed by atoms with Gasteiger partial charge in [0.25, 0.3) is 0 Å². The Morgan fingerprint density at radius 2 is 2.44 bits per heavy atom. The predicted octanol–water partition coefficient (Wildman–Crippen LogP) is 1.42. The van der Waals surface area contributed by atoms with Gasteiger partial charge < -0.3 is 9.84 Å². The second-order valence-electron chi connectivity index (χ2n) is 5.32. The molecule has 0 aromatic carbocycles. The average molecular weight is 268 g/mol. The monoisotopic (exact) mass is 268 g/mol. The summed E-state index contributed by atoms with van der Waals surface area (Å²) >= 11 is 1.71. The van der Waals surface area contributed by atoms with E-state index in [1.54, 1.807) is 11.3 Å². The van der Waals surface area contributed by atoms with Crippen LogP contribution < -0.4 is 0 Å². The van der Waals surface area contributed by atoms with Crippen LogP contribution in [0.2, 0.25) is 0 Å². The molecular formula is C13H20N2O2S. The van der Waals surface area contributed by atoms with Crippen LogP contribution in [0.15, 0.2) is 5.38 Å². The smallest absolute Gasteiger partial charge is 0.0897 e. The molecule has 1 aromatic rings. The molecule has 1 saturated heterocycles. The Labute approximate surface area is 112 Å². The summed E-state index contributed by atoms with van der Waals surface area (Å²) in [6.07, 6.45) is 2.38. The minimum Gasteiger partial charge on any atom is -0.396 e. The Bertz CT molecular complexity index is 409. The van der Waals surface area contributed by atoms with Crippen molar-refractivity contribution in [3.8, 4) is 0 Å². The van der Waals surface area contributed by atoms with E-state index in [0.29, 0.717) is 24.7 Å². The van der Waals surface area contributed by atoms with E-state index in [0.717, 1.165) is 37.5 Å². The molecule has 100 valence electrons. The van der Waals surface area contributed by atoms with Gasteiger partial charge in [-0.15, -0.1) is 11.3 Å². The van der Waals surface area contributed by atoms with Crippen LogP contribution in [0.25, 0.3) is 0 Å². The fourth-order valence-electron chi connectivity index (χ4n) is 3.16. The molecule has 0 radical (unpaired) electrons. The quantitative estimate of drug-likeness (QED) is 0.900. The van der Waals surface area contributed by atoms with E-state index in [4.69, 9.17) is 4.74 Å². The molecule has 18 heavy (non-hydrogen) atoms. The molecule has 1 N–H and O–H groups in total. The van der Waals surface area contributed by atoms with Gasteiger partial charge in [0.2, 0.25) is 0 Å². The predicted molar refractivity (Wildman–Crippen MR) is 70.6 cm³/mol. The maximum absolute atomic E-state index is 9.31. The Kier molecular flexibility index (Phi) is 3.66. The third-order valence-corrected chi connectivity index (χ3v) is 4.86. The first-order chi connectivity index (χ1) is 8.76. The van der Waals surface area contributed by atoms with Gasteiger partial charge in [0, 0.05) is 31.1 Å². The molecule has 1 saturated carbocycles. The Morgan fingerprint density at radius 1 is 1.56 bits per heavy atom. The molecule has 0 bridgehead atoms. The van der Waals surface area contributed by atoms with Gasteiger partial charge in [-0.3, -0.25) is 4.90 Å². The van der Waals surface area contributed by atoms with E-state index >= 15 is 0 Å². The zero-order valence-corrected chi connectivity index (χ0v) is 11.5. The zero-order valence-electron chi connectivity index (χ0n) is 10.7. The lowest BCUT2D eigenvalue weighted by Gasteiger charge is -2.37. The zero-order chi connectivity index (χ0) is 12.5. The van der Waals surface area contributed by atoms with Crippen LogP contribution in [-0.2, 0) is 11.3 Å². The molecule has 3 rings (SSSR count). The van der Waals surface area contributed by atoms with Gasteiger partial charge in [0.05, 0.1) is 23.4 Å². The van der Waals surface area contributed by atoms with Crippen molar-refractivity contribution in [2.75, 3.05) is 19.8 Å². The van der Waals surface area contributed by atoms with Crippen LogP contribution in [0.4, 0.5) is 0 Å². The molecule has 1 aliphatic heterocycles. The fourth-order valence-corrected chi connectivity index (χ4v) is 3.76. The topological polar surface area (TPSA) is 45.6 Å². The number of aliphatic hydroxyl groups is 1. The van der Waals surface area contributed by atoms with Crippen molar-refractivity contribution >= 4 is 11.3 Å². The first kappa shape index (κ1) is 12.5. The van der Waals surface area contributed by atoms with Crippen LogP contribution in [0.1, 0.15) is 23.5 Å². The number of aliphatic hydroxyl groups excluding tert-OH is 1. The summed E-state index contributed by atoms with van der Waals surface area (Å²) < 4.78 is 5.84. The second kappa shape index (κ2) is 5.25. The van der Waals surface area contributed by atoms with Crippen molar-refractivity contribution in [3.05, 3.63) is 16.1 Å². The van der Waals surface area contributed by atoms with E-state index in [9.17, 15) is 5.11 Å². The Morgan fingerprint density at radius 3 is 3.17 bits per heavy atom. The minimum atomic E-state index is 0.292. The van der Waals surface area contributed by atoms with Crippen LogP contribution in [0.3, 0.4) is 0 Å². The molecule has 3 atom stereocenters. The van der Waals surface area contributed by atoms with Gasteiger partial charge in [0.15, 0.2) is 0 Å². The highest BCUT2D eigenvalue weighted by Gasteiger charge is 2.40. The second-order valence-corrected chi connectivity index (χ2v) is 6.39. The highest BCUT2D eigenvalue weighted by atomic mass is 32.1. The van der Waals surface area contributed by atoms with Crippen molar-refractivity contribution in [1.82, 2.24) is 9.88 Å². The van der Waals surface area contributed by atoms with Gasteiger partial charge in [-0.1, -0.05) is 0 Å². The summed E-state index contributed by atoms with van der Waals surface area (Å²) in [6, 6.07) is 0.470. The average Bonchev–Trinajstić information content (AvgIpc) is 2.96. The highest BCUT2D eigenvalue weighted by molar-refractivity contribution is 7.09. The molecule has 4 nitrogen and oxygen atoms in total. The van der Waals surface area contributed by atoms with Crippen LogP contribution in [0, 0.1) is 12.8 Å². The standard InChI is InChI=1S/C13H20N2O2S/c1-9-14-11(8-18-9)6-15-2-3-17-13-5-10(7-16)4-12(13)15/h8,10,12-13,16H,2-7H2,1H3/t10-,12+,13+/m1/s1. The molecule has 1 aromatic heterocycles. The molecule has 0 spiro atoms. The molecule has 1 aliphatic carbocycles. The van der Waals surface area contributed by atoms with Crippen molar-refractivity contribution < 1.29 is 9.84 Å². The van der Waals surface area contributed by atoms with E-state index in [1.165, 1.54) is 5.69 Å². The highest BCUT2D eigenvalue weighted by Crippen LogP contribution is 2.34. The number of morpholine rings is 1. The third kappa shape index (κ3) is 2.45. The Hall–Kier alpha value is -0.490. The van der Waals surface area contributed by atoms with Crippen LogP contribution >= 0.6 is 11.3 Å².